The fourth-order valence-corrected chi connectivity index (χ4v) is 4.87. The van der Waals surface area contributed by atoms with Crippen molar-refractivity contribution < 1.29 is 19.2 Å². The quantitative estimate of drug-likeness (QED) is 0.454. The molecule has 4 rings (SSSR count). The van der Waals surface area contributed by atoms with Crippen molar-refractivity contribution in [3.8, 4) is 5.75 Å². The SMILES string of the molecule is COc1ccc(C2CC(=O)N(c3ccc([N+](=O)[O-])cc3Cl)C3=C2C(=O)CC(C)(C)C3)cc1. The van der Waals surface area contributed by atoms with Gasteiger partial charge in [0.2, 0.25) is 5.91 Å². The molecule has 1 heterocycles. The number of ketones is 1. The van der Waals surface area contributed by atoms with Crippen molar-refractivity contribution in [2.45, 2.75) is 39.0 Å². The molecule has 32 heavy (non-hydrogen) atoms. The molecule has 7 nitrogen and oxygen atoms in total. The highest BCUT2D eigenvalue weighted by Gasteiger charge is 2.44. The number of nitro benzene ring substituents is 1. The van der Waals surface area contributed by atoms with E-state index < -0.39 is 4.92 Å². The Morgan fingerprint density at radius 2 is 1.81 bits per heavy atom. The zero-order valence-electron chi connectivity index (χ0n) is 18.1. The normalized spacial score (nSPS) is 20.2. The number of methoxy groups -OCH3 is 1. The van der Waals surface area contributed by atoms with Crippen molar-refractivity contribution in [1.29, 1.82) is 0 Å². The molecule has 2 aliphatic rings. The van der Waals surface area contributed by atoms with E-state index in [1.165, 1.54) is 23.1 Å². The average Bonchev–Trinajstić information content (AvgIpc) is 2.72. The number of benzene rings is 2. The van der Waals surface area contributed by atoms with Crippen LogP contribution in [0.2, 0.25) is 5.02 Å². The molecule has 8 heteroatoms. The lowest BCUT2D eigenvalue weighted by Gasteiger charge is -2.43. The van der Waals surface area contributed by atoms with Gasteiger partial charge in [0.15, 0.2) is 5.78 Å². The Morgan fingerprint density at radius 3 is 2.41 bits per heavy atom. The maximum Gasteiger partial charge on any atom is 0.271 e. The van der Waals surface area contributed by atoms with Gasteiger partial charge >= 0.3 is 0 Å². The summed E-state index contributed by atoms with van der Waals surface area (Å²) in [7, 11) is 1.58. The van der Waals surface area contributed by atoms with Gasteiger partial charge in [-0.3, -0.25) is 24.6 Å². The minimum atomic E-state index is -0.536. The Bertz CT molecular complexity index is 1150. The molecular formula is C24H23ClN2O5. The number of Topliss-reactive ketones (excluding diaryl/α,β-unsaturated/α-hetero) is 1. The van der Waals surface area contributed by atoms with Gasteiger partial charge in [0.1, 0.15) is 5.75 Å². The summed E-state index contributed by atoms with van der Waals surface area (Å²) in [5.41, 5.74) is 1.97. The summed E-state index contributed by atoms with van der Waals surface area (Å²) in [5.74, 6) is 0.138. The molecule has 0 N–H and O–H groups in total. The predicted molar refractivity (Wildman–Crippen MR) is 121 cm³/mol. The van der Waals surface area contributed by atoms with Crippen molar-refractivity contribution in [3.63, 3.8) is 0 Å². The van der Waals surface area contributed by atoms with E-state index in [0.29, 0.717) is 35.5 Å². The van der Waals surface area contributed by atoms with Gasteiger partial charge in [0.25, 0.3) is 5.69 Å². The summed E-state index contributed by atoms with van der Waals surface area (Å²) >= 11 is 6.38. The summed E-state index contributed by atoms with van der Waals surface area (Å²) in [6, 6.07) is 11.4. The molecule has 0 radical (unpaired) electrons. The van der Waals surface area contributed by atoms with E-state index in [1.54, 1.807) is 7.11 Å². The number of carbonyl (C=O) groups excluding carboxylic acids is 2. The van der Waals surface area contributed by atoms with Crippen molar-refractivity contribution in [2.75, 3.05) is 12.0 Å². The number of hydrogen-bond acceptors (Lipinski definition) is 5. The minimum Gasteiger partial charge on any atom is -0.497 e. The highest BCUT2D eigenvalue weighted by atomic mass is 35.5. The zero-order chi connectivity index (χ0) is 23.2. The first kappa shape index (κ1) is 22.0. The predicted octanol–water partition coefficient (Wildman–Crippen LogP) is 5.42. The molecule has 1 aliphatic carbocycles. The Morgan fingerprint density at radius 1 is 1.12 bits per heavy atom. The van der Waals surface area contributed by atoms with Crippen LogP contribution in [0.5, 0.6) is 5.75 Å². The van der Waals surface area contributed by atoms with Gasteiger partial charge < -0.3 is 4.74 Å². The Kier molecular flexibility index (Phi) is 5.54. The van der Waals surface area contributed by atoms with Crippen LogP contribution < -0.4 is 9.64 Å². The van der Waals surface area contributed by atoms with Gasteiger partial charge in [0.05, 0.1) is 22.7 Å². The number of rotatable bonds is 4. The molecule has 0 spiro atoms. The Labute approximate surface area is 190 Å². The number of nitro groups is 1. The van der Waals surface area contributed by atoms with Crippen LogP contribution >= 0.6 is 11.6 Å². The van der Waals surface area contributed by atoms with Crippen LogP contribution in [0.1, 0.15) is 44.6 Å². The molecule has 0 saturated heterocycles. The van der Waals surface area contributed by atoms with Crippen LogP contribution in [0.25, 0.3) is 0 Å². The topological polar surface area (TPSA) is 89.8 Å². The van der Waals surface area contributed by atoms with Crippen LogP contribution in [0.3, 0.4) is 0 Å². The monoisotopic (exact) mass is 454 g/mol. The molecule has 0 aromatic heterocycles. The van der Waals surface area contributed by atoms with E-state index in [0.717, 1.165) is 5.56 Å². The molecule has 1 amide bonds. The number of allylic oxidation sites excluding steroid dienone is 2. The second kappa shape index (κ2) is 8.06. The Hall–Kier alpha value is -3.19. The fourth-order valence-electron chi connectivity index (χ4n) is 4.61. The third-order valence-corrected chi connectivity index (χ3v) is 6.35. The molecule has 2 aromatic carbocycles. The maximum atomic E-state index is 13.4. The molecule has 0 fully saturated rings. The summed E-state index contributed by atoms with van der Waals surface area (Å²) in [5, 5.41) is 11.2. The zero-order valence-corrected chi connectivity index (χ0v) is 18.8. The number of carbonyl (C=O) groups is 2. The van der Waals surface area contributed by atoms with Crippen LogP contribution in [-0.2, 0) is 9.59 Å². The van der Waals surface area contributed by atoms with E-state index in [1.807, 2.05) is 38.1 Å². The number of ether oxygens (including phenoxy) is 1. The van der Waals surface area contributed by atoms with Gasteiger partial charge in [-0.2, -0.15) is 0 Å². The average molecular weight is 455 g/mol. The first-order chi connectivity index (χ1) is 15.1. The van der Waals surface area contributed by atoms with Crippen molar-refractivity contribution in [2.24, 2.45) is 5.41 Å². The number of amides is 1. The van der Waals surface area contributed by atoms with Gasteiger partial charge in [-0.05, 0) is 35.6 Å². The number of halogens is 1. The second-order valence-corrected chi connectivity index (χ2v) is 9.36. The lowest BCUT2D eigenvalue weighted by atomic mass is 9.69. The van der Waals surface area contributed by atoms with Crippen LogP contribution in [0, 0.1) is 15.5 Å². The summed E-state index contributed by atoms with van der Waals surface area (Å²) in [4.78, 5) is 38.8. The Balaban J connectivity index is 1.87. The van der Waals surface area contributed by atoms with Gasteiger partial charge in [-0.1, -0.05) is 37.6 Å². The number of nitrogens with zero attached hydrogens (tertiary/aromatic N) is 2. The second-order valence-electron chi connectivity index (χ2n) is 8.95. The van der Waals surface area contributed by atoms with E-state index in [4.69, 9.17) is 16.3 Å². The van der Waals surface area contributed by atoms with Crippen molar-refractivity contribution in [3.05, 3.63) is 74.4 Å². The number of anilines is 1. The largest absolute Gasteiger partial charge is 0.497 e. The van der Waals surface area contributed by atoms with Crippen molar-refractivity contribution >= 4 is 34.7 Å². The summed E-state index contributed by atoms with van der Waals surface area (Å²) in [6.07, 6.45) is 0.999. The van der Waals surface area contributed by atoms with Gasteiger partial charge in [0, 0.05) is 42.2 Å². The van der Waals surface area contributed by atoms with Crippen molar-refractivity contribution in [1.82, 2.24) is 0 Å². The summed E-state index contributed by atoms with van der Waals surface area (Å²) in [6.45, 7) is 3.98. The molecule has 166 valence electrons. The molecule has 1 unspecified atom stereocenters. The standard InChI is InChI=1S/C24H23ClN2O5/c1-24(2)12-20-23(21(28)13-24)17(14-4-7-16(32-3)8-5-14)11-22(29)26(20)19-9-6-15(27(30)31)10-18(19)25/h4-10,17H,11-13H2,1-3H3. The first-order valence-electron chi connectivity index (χ1n) is 10.3. The maximum absolute atomic E-state index is 13.4. The van der Waals surface area contributed by atoms with Crippen LogP contribution in [0.15, 0.2) is 53.7 Å². The number of non-ortho nitro benzene ring substituents is 1. The highest BCUT2D eigenvalue weighted by Crippen LogP contribution is 2.49. The molecule has 1 aliphatic heterocycles. The third-order valence-electron chi connectivity index (χ3n) is 6.04. The molecule has 0 saturated carbocycles. The number of hydrogen-bond donors (Lipinski definition) is 0. The van der Waals surface area contributed by atoms with Gasteiger partial charge in [-0.25, -0.2) is 0 Å². The fraction of sp³-hybridized carbons (Fsp3) is 0.333. The molecule has 0 bridgehead atoms. The van der Waals surface area contributed by atoms with Gasteiger partial charge in [-0.15, -0.1) is 0 Å². The highest BCUT2D eigenvalue weighted by molar-refractivity contribution is 6.34. The van der Waals surface area contributed by atoms with E-state index >= 15 is 0 Å². The smallest absolute Gasteiger partial charge is 0.271 e. The van der Waals surface area contributed by atoms with Crippen LogP contribution in [-0.4, -0.2) is 23.7 Å². The summed E-state index contributed by atoms with van der Waals surface area (Å²) < 4.78 is 5.23. The van der Waals surface area contributed by atoms with E-state index in [-0.39, 0.29) is 40.2 Å². The minimum absolute atomic E-state index is 0.00704. The molecular weight excluding hydrogens is 432 g/mol. The van der Waals surface area contributed by atoms with E-state index in [9.17, 15) is 19.7 Å². The lowest BCUT2D eigenvalue weighted by molar-refractivity contribution is -0.384. The molecule has 2 aromatic rings. The first-order valence-corrected chi connectivity index (χ1v) is 10.7. The third kappa shape index (κ3) is 3.88. The lowest BCUT2D eigenvalue weighted by Crippen LogP contribution is -2.43. The van der Waals surface area contributed by atoms with E-state index in [2.05, 4.69) is 0 Å². The van der Waals surface area contributed by atoms with Crippen LogP contribution in [0.4, 0.5) is 11.4 Å². The molecule has 1 atom stereocenters.